The van der Waals surface area contributed by atoms with E-state index in [9.17, 15) is 13.9 Å². The highest BCUT2D eigenvalue weighted by atomic mass is 19.3. The molecular weight excluding hydrogens is 200 g/mol. The minimum absolute atomic E-state index is 0.288. The van der Waals surface area contributed by atoms with Crippen molar-refractivity contribution in [2.24, 2.45) is 0 Å². The van der Waals surface area contributed by atoms with Gasteiger partial charge in [-0.05, 0) is 31.5 Å². The van der Waals surface area contributed by atoms with Crippen LogP contribution in [0.2, 0.25) is 0 Å². The molecular formula is C11H13F2NO. The molecule has 1 saturated heterocycles. The molecule has 0 amide bonds. The second kappa shape index (κ2) is 3.77. The van der Waals surface area contributed by atoms with E-state index in [1.807, 2.05) is 0 Å². The van der Waals surface area contributed by atoms with Gasteiger partial charge in [0, 0.05) is 0 Å². The fraction of sp³-hybridized carbons (Fsp3) is 0.455. The van der Waals surface area contributed by atoms with E-state index in [0.717, 1.165) is 6.42 Å². The van der Waals surface area contributed by atoms with Crippen LogP contribution in [0.15, 0.2) is 24.3 Å². The van der Waals surface area contributed by atoms with Crippen LogP contribution < -0.4 is 5.32 Å². The average Bonchev–Trinajstić information content (AvgIpc) is 2.71. The molecule has 0 aromatic heterocycles. The average molecular weight is 213 g/mol. The summed E-state index contributed by atoms with van der Waals surface area (Å²) < 4.78 is 27.8. The first-order valence-electron chi connectivity index (χ1n) is 5.02. The molecule has 15 heavy (non-hydrogen) atoms. The van der Waals surface area contributed by atoms with E-state index in [-0.39, 0.29) is 11.3 Å². The monoisotopic (exact) mass is 213 g/mol. The summed E-state index contributed by atoms with van der Waals surface area (Å²) in [4.78, 5) is 0. The number of phenols is 1. The van der Waals surface area contributed by atoms with Crippen molar-refractivity contribution in [2.45, 2.75) is 24.8 Å². The summed E-state index contributed by atoms with van der Waals surface area (Å²) in [6.07, 6.45) is 1.20. The summed E-state index contributed by atoms with van der Waals surface area (Å²) in [7, 11) is 0. The Labute approximate surface area is 86.9 Å². The van der Waals surface area contributed by atoms with Gasteiger partial charge in [0.25, 0.3) is 5.92 Å². The largest absolute Gasteiger partial charge is 0.507 e. The number of aromatic hydroxyl groups is 1. The van der Waals surface area contributed by atoms with Crippen LogP contribution in [-0.2, 0) is 5.92 Å². The first kappa shape index (κ1) is 10.4. The predicted octanol–water partition coefficient (Wildman–Crippen LogP) is 2.24. The highest BCUT2D eigenvalue weighted by Crippen LogP contribution is 2.39. The zero-order chi connectivity index (χ0) is 10.9. The molecule has 1 heterocycles. The number of para-hydroxylation sites is 1. The summed E-state index contributed by atoms with van der Waals surface area (Å²) in [5.74, 6) is -3.34. The molecule has 0 aliphatic carbocycles. The van der Waals surface area contributed by atoms with Crippen LogP contribution in [0.25, 0.3) is 0 Å². The van der Waals surface area contributed by atoms with Gasteiger partial charge < -0.3 is 10.4 Å². The lowest BCUT2D eigenvalue weighted by molar-refractivity contribution is -0.0394. The van der Waals surface area contributed by atoms with E-state index < -0.39 is 12.0 Å². The van der Waals surface area contributed by atoms with Crippen LogP contribution in [0, 0.1) is 0 Å². The number of alkyl halides is 2. The van der Waals surface area contributed by atoms with E-state index in [4.69, 9.17) is 0 Å². The molecule has 4 heteroatoms. The summed E-state index contributed by atoms with van der Waals surface area (Å²) >= 11 is 0. The Morgan fingerprint density at radius 1 is 1.33 bits per heavy atom. The molecule has 1 fully saturated rings. The standard InChI is InChI=1S/C11H13F2NO/c12-11(13,10-6-3-7-14-10)8-4-1-2-5-9(8)15/h1-2,4-5,10,14-15H,3,6-7H2. The topological polar surface area (TPSA) is 32.3 Å². The van der Waals surface area contributed by atoms with Gasteiger partial charge in [0.2, 0.25) is 0 Å². The number of nitrogens with one attached hydrogen (secondary N) is 1. The van der Waals surface area contributed by atoms with Gasteiger partial charge in [-0.15, -0.1) is 0 Å². The molecule has 0 saturated carbocycles. The first-order chi connectivity index (χ1) is 7.12. The quantitative estimate of drug-likeness (QED) is 0.789. The zero-order valence-corrected chi connectivity index (χ0v) is 8.21. The van der Waals surface area contributed by atoms with E-state index in [1.165, 1.54) is 24.3 Å². The van der Waals surface area contributed by atoms with Crippen LogP contribution in [0.3, 0.4) is 0 Å². The lowest BCUT2D eigenvalue weighted by Crippen LogP contribution is -2.38. The summed E-state index contributed by atoms with van der Waals surface area (Å²) in [5.41, 5.74) is -0.288. The normalized spacial score (nSPS) is 21.9. The van der Waals surface area contributed by atoms with Crippen LogP contribution in [0.5, 0.6) is 5.75 Å². The van der Waals surface area contributed by atoms with Crippen LogP contribution in [0.4, 0.5) is 8.78 Å². The first-order valence-corrected chi connectivity index (χ1v) is 5.02. The maximum Gasteiger partial charge on any atom is 0.291 e. The molecule has 82 valence electrons. The highest BCUT2D eigenvalue weighted by molar-refractivity contribution is 5.36. The lowest BCUT2D eigenvalue weighted by atomic mass is 9.99. The smallest absolute Gasteiger partial charge is 0.291 e. The van der Waals surface area contributed by atoms with Crippen molar-refractivity contribution in [3.8, 4) is 5.75 Å². The Hall–Kier alpha value is -1.16. The number of phenolic OH excluding ortho intramolecular Hbond substituents is 1. The summed E-state index contributed by atoms with van der Waals surface area (Å²) in [5, 5.41) is 12.2. The van der Waals surface area contributed by atoms with Crippen LogP contribution in [-0.4, -0.2) is 17.7 Å². The zero-order valence-electron chi connectivity index (χ0n) is 8.21. The fourth-order valence-electron chi connectivity index (χ4n) is 1.94. The third-order valence-electron chi connectivity index (χ3n) is 2.76. The molecule has 1 aliphatic rings. The summed E-state index contributed by atoms with van der Waals surface area (Å²) in [6, 6.07) is 4.76. The molecule has 1 aliphatic heterocycles. The van der Waals surface area contributed by atoms with E-state index >= 15 is 0 Å². The minimum atomic E-state index is -3.00. The predicted molar refractivity (Wildman–Crippen MR) is 53.0 cm³/mol. The SMILES string of the molecule is Oc1ccccc1C(F)(F)C1CCCN1. The Bertz CT molecular complexity index is 348. The summed E-state index contributed by atoms with van der Waals surface area (Å²) in [6.45, 7) is 0.619. The van der Waals surface area contributed by atoms with Crippen molar-refractivity contribution < 1.29 is 13.9 Å². The van der Waals surface area contributed by atoms with Crippen LogP contribution in [0.1, 0.15) is 18.4 Å². The molecule has 1 unspecified atom stereocenters. The third kappa shape index (κ3) is 1.81. The van der Waals surface area contributed by atoms with Gasteiger partial charge in [-0.25, -0.2) is 0 Å². The van der Waals surface area contributed by atoms with Gasteiger partial charge >= 0.3 is 0 Å². The van der Waals surface area contributed by atoms with Gasteiger partial charge in [-0.3, -0.25) is 0 Å². The van der Waals surface area contributed by atoms with Crippen molar-refractivity contribution in [2.75, 3.05) is 6.54 Å². The van der Waals surface area contributed by atoms with Gasteiger partial charge in [0.1, 0.15) is 5.75 Å². The van der Waals surface area contributed by atoms with Crippen molar-refractivity contribution in [3.05, 3.63) is 29.8 Å². The fourth-order valence-corrected chi connectivity index (χ4v) is 1.94. The molecule has 2 nitrogen and oxygen atoms in total. The molecule has 2 rings (SSSR count). The maximum absolute atomic E-state index is 13.9. The van der Waals surface area contributed by atoms with E-state index in [1.54, 1.807) is 0 Å². The van der Waals surface area contributed by atoms with Crippen molar-refractivity contribution in [1.29, 1.82) is 0 Å². The lowest BCUT2D eigenvalue weighted by Gasteiger charge is -2.24. The van der Waals surface area contributed by atoms with E-state index in [2.05, 4.69) is 5.32 Å². The highest BCUT2D eigenvalue weighted by Gasteiger charge is 2.44. The van der Waals surface area contributed by atoms with Gasteiger partial charge in [-0.2, -0.15) is 8.78 Å². The Morgan fingerprint density at radius 2 is 2.07 bits per heavy atom. The molecule has 1 atom stereocenters. The molecule has 0 bridgehead atoms. The second-order valence-corrected chi connectivity index (χ2v) is 3.79. The van der Waals surface area contributed by atoms with Crippen LogP contribution >= 0.6 is 0 Å². The number of hydrogen-bond donors (Lipinski definition) is 2. The molecule has 2 N–H and O–H groups in total. The molecule has 0 radical (unpaired) electrons. The number of halogens is 2. The number of hydrogen-bond acceptors (Lipinski definition) is 2. The molecule has 0 spiro atoms. The number of rotatable bonds is 2. The Balaban J connectivity index is 2.31. The van der Waals surface area contributed by atoms with Gasteiger partial charge in [0.05, 0.1) is 11.6 Å². The Kier molecular flexibility index (Phi) is 2.61. The number of benzene rings is 1. The van der Waals surface area contributed by atoms with Gasteiger partial charge in [-0.1, -0.05) is 12.1 Å². The second-order valence-electron chi connectivity index (χ2n) is 3.79. The molecule has 1 aromatic rings. The van der Waals surface area contributed by atoms with Crippen molar-refractivity contribution in [1.82, 2.24) is 5.32 Å². The Morgan fingerprint density at radius 3 is 2.67 bits per heavy atom. The van der Waals surface area contributed by atoms with Crippen molar-refractivity contribution >= 4 is 0 Å². The third-order valence-corrected chi connectivity index (χ3v) is 2.76. The van der Waals surface area contributed by atoms with Gasteiger partial charge in [0.15, 0.2) is 0 Å². The van der Waals surface area contributed by atoms with E-state index in [0.29, 0.717) is 13.0 Å². The molecule has 1 aromatic carbocycles. The maximum atomic E-state index is 13.9. The minimum Gasteiger partial charge on any atom is -0.507 e. The van der Waals surface area contributed by atoms with Crippen molar-refractivity contribution in [3.63, 3.8) is 0 Å².